The third-order valence-corrected chi connectivity index (χ3v) is 5.70. The second-order valence-electron chi connectivity index (χ2n) is 7.26. The lowest BCUT2D eigenvalue weighted by atomic mass is 9.92. The lowest BCUT2D eigenvalue weighted by Gasteiger charge is -2.28. The number of para-hydroxylation sites is 1. The SMILES string of the molecule is O=C(NC1CCC(F)(F)CC1)c1cc2[nH]c(Nc3c(Cl)cccc3Cl)nc2cc1F. The molecule has 0 atom stereocenters. The van der Waals surface area contributed by atoms with Gasteiger partial charge in [0.2, 0.25) is 11.9 Å². The third-order valence-electron chi connectivity index (χ3n) is 5.07. The van der Waals surface area contributed by atoms with E-state index in [1.807, 2.05) is 0 Å². The molecule has 30 heavy (non-hydrogen) atoms. The molecule has 0 unspecified atom stereocenters. The van der Waals surface area contributed by atoms with Crippen molar-refractivity contribution in [3.63, 3.8) is 0 Å². The van der Waals surface area contributed by atoms with Crippen molar-refractivity contribution in [1.29, 1.82) is 0 Å². The lowest BCUT2D eigenvalue weighted by Crippen LogP contribution is -2.40. The normalized spacial score (nSPS) is 16.6. The van der Waals surface area contributed by atoms with Crippen molar-refractivity contribution < 1.29 is 18.0 Å². The molecule has 4 rings (SSSR count). The van der Waals surface area contributed by atoms with Gasteiger partial charge >= 0.3 is 0 Å². The standard InChI is InChI=1S/C20H17Cl2F3N4O/c21-12-2-1-3-13(22)17(12)29-19-27-15-8-11(14(23)9-16(15)28-19)18(30)26-10-4-6-20(24,25)7-5-10/h1-3,8-10H,4-7H2,(H,26,30)(H2,27,28,29). The highest BCUT2D eigenvalue weighted by atomic mass is 35.5. The fourth-order valence-electron chi connectivity index (χ4n) is 3.45. The molecule has 10 heteroatoms. The van der Waals surface area contributed by atoms with Crippen LogP contribution in [0.5, 0.6) is 0 Å². The molecule has 158 valence electrons. The molecule has 0 saturated heterocycles. The highest BCUT2D eigenvalue weighted by molar-refractivity contribution is 6.39. The Morgan fingerprint density at radius 2 is 1.83 bits per heavy atom. The molecule has 0 radical (unpaired) electrons. The van der Waals surface area contributed by atoms with Gasteiger partial charge in [-0.1, -0.05) is 29.3 Å². The average Bonchev–Trinajstić information content (AvgIpc) is 3.07. The van der Waals surface area contributed by atoms with Crippen LogP contribution in [0, 0.1) is 5.82 Å². The summed E-state index contributed by atoms with van der Waals surface area (Å²) in [4.78, 5) is 19.7. The second kappa shape index (κ2) is 8.00. The van der Waals surface area contributed by atoms with Crippen LogP contribution >= 0.6 is 23.2 Å². The monoisotopic (exact) mass is 456 g/mol. The number of alkyl halides is 2. The van der Waals surface area contributed by atoms with Gasteiger partial charge in [-0.15, -0.1) is 0 Å². The third kappa shape index (κ3) is 4.34. The number of benzene rings is 2. The van der Waals surface area contributed by atoms with Crippen LogP contribution in [0.4, 0.5) is 24.8 Å². The Balaban J connectivity index is 1.54. The molecule has 0 spiro atoms. The summed E-state index contributed by atoms with van der Waals surface area (Å²) in [6.45, 7) is 0. The number of nitrogens with zero attached hydrogens (tertiary/aromatic N) is 1. The van der Waals surface area contributed by atoms with Gasteiger partial charge in [0.25, 0.3) is 5.91 Å². The fourth-order valence-corrected chi connectivity index (χ4v) is 3.94. The largest absolute Gasteiger partial charge is 0.349 e. The van der Waals surface area contributed by atoms with Crippen LogP contribution in [0.15, 0.2) is 30.3 Å². The minimum atomic E-state index is -2.70. The maximum atomic E-state index is 14.5. The summed E-state index contributed by atoms with van der Waals surface area (Å²) in [7, 11) is 0. The molecule has 1 saturated carbocycles. The van der Waals surface area contributed by atoms with Crippen molar-refractivity contribution in [1.82, 2.24) is 15.3 Å². The van der Waals surface area contributed by atoms with Crippen LogP contribution in [0.1, 0.15) is 36.0 Å². The number of carbonyl (C=O) groups is 1. The molecule has 3 N–H and O–H groups in total. The Morgan fingerprint density at radius 3 is 2.50 bits per heavy atom. The zero-order valence-corrected chi connectivity index (χ0v) is 17.0. The number of hydrogen-bond acceptors (Lipinski definition) is 3. The number of hydrogen-bond donors (Lipinski definition) is 3. The van der Waals surface area contributed by atoms with Gasteiger partial charge in [-0.3, -0.25) is 4.79 Å². The Morgan fingerprint density at radius 1 is 1.17 bits per heavy atom. The van der Waals surface area contributed by atoms with Gasteiger partial charge in [0, 0.05) is 24.9 Å². The van der Waals surface area contributed by atoms with Gasteiger partial charge in [0.1, 0.15) is 5.82 Å². The van der Waals surface area contributed by atoms with Crippen LogP contribution < -0.4 is 10.6 Å². The number of imidazole rings is 1. The van der Waals surface area contributed by atoms with E-state index in [4.69, 9.17) is 23.2 Å². The molecule has 0 bridgehead atoms. The van der Waals surface area contributed by atoms with E-state index in [1.54, 1.807) is 18.2 Å². The summed E-state index contributed by atoms with van der Waals surface area (Å²) in [6.07, 6.45) is -0.280. The highest BCUT2D eigenvalue weighted by Gasteiger charge is 2.35. The molecule has 2 aromatic carbocycles. The molecule has 1 heterocycles. The van der Waals surface area contributed by atoms with Crippen LogP contribution in [-0.2, 0) is 0 Å². The van der Waals surface area contributed by atoms with Crippen molar-refractivity contribution in [3.8, 4) is 0 Å². The summed E-state index contributed by atoms with van der Waals surface area (Å²) in [5.74, 6) is -3.83. The highest BCUT2D eigenvalue weighted by Crippen LogP contribution is 2.34. The predicted octanol–water partition coefficient (Wildman–Crippen LogP) is 6.06. The first-order valence-corrected chi connectivity index (χ1v) is 10.1. The van der Waals surface area contributed by atoms with E-state index >= 15 is 0 Å². The van der Waals surface area contributed by atoms with Gasteiger partial charge in [-0.25, -0.2) is 18.2 Å². The molecule has 1 aliphatic rings. The topological polar surface area (TPSA) is 69.8 Å². The van der Waals surface area contributed by atoms with Crippen molar-refractivity contribution in [2.45, 2.75) is 37.6 Å². The van der Waals surface area contributed by atoms with E-state index < -0.39 is 23.7 Å². The van der Waals surface area contributed by atoms with Gasteiger partial charge in [-0.05, 0) is 31.0 Å². The number of rotatable bonds is 4. The smallest absolute Gasteiger partial charge is 0.254 e. The molecular formula is C20H17Cl2F3N4O. The van der Waals surface area contributed by atoms with Crippen molar-refractivity contribution >= 4 is 51.8 Å². The van der Waals surface area contributed by atoms with Crippen LogP contribution in [-0.4, -0.2) is 27.8 Å². The average molecular weight is 457 g/mol. The number of aromatic nitrogens is 2. The van der Waals surface area contributed by atoms with E-state index in [1.165, 1.54) is 6.07 Å². The number of fused-ring (bicyclic) bond motifs is 1. The fraction of sp³-hybridized carbons (Fsp3) is 0.300. The van der Waals surface area contributed by atoms with E-state index in [2.05, 4.69) is 20.6 Å². The van der Waals surface area contributed by atoms with Crippen LogP contribution in [0.2, 0.25) is 10.0 Å². The van der Waals surface area contributed by atoms with Crippen LogP contribution in [0.25, 0.3) is 11.0 Å². The molecule has 3 aromatic rings. The molecule has 1 amide bonds. The van der Waals surface area contributed by atoms with Gasteiger partial charge in [0.15, 0.2) is 0 Å². The number of aromatic amines is 1. The zero-order chi connectivity index (χ0) is 21.5. The zero-order valence-electron chi connectivity index (χ0n) is 15.5. The Bertz CT molecular complexity index is 1090. The molecule has 1 aliphatic carbocycles. The maximum Gasteiger partial charge on any atom is 0.254 e. The predicted molar refractivity (Wildman–Crippen MR) is 110 cm³/mol. The summed E-state index contributed by atoms with van der Waals surface area (Å²) >= 11 is 12.3. The quantitative estimate of drug-likeness (QED) is 0.446. The number of nitrogens with one attached hydrogen (secondary N) is 3. The molecule has 1 fully saturated rings. The van der Waals surface area contributed by atoms with E-state index in [-0.39, 0.29) is 37.2 Å². The van der Waals surface area contributed by atoms with Crippen molar-refractivity contribution in [3.05, 3.63) is 51.8 Å². The van der Waals surface area contributed by atoms with Gasteiger partial charge in [0.05, 0.1) is 32.3 Å². The first-order valence-electron chi connectivity index (χ1n) is 9.31. The maximum absolute atomic E-state index is 14.5. The minimum absolute atomic E-state index is 0.152. The summed E-state index contributed by atoms with van der Waals surface area (Å²) in [6, 6.07) is 7.07. The Hall–Kier alpha value is -2.45. The number of halogens is 5. The minimum Gasteiger partial charge on any atom is -0.349 e. The first kappa shape index (κ1) is 20.8. The van der Waals surface area contributed by atoms with Crippen LogP contribution in [0.3, 0.4) is 0 Å². The number of H-pyrrole nitrogens is 1. The molecule has 5 nitrogen and oxygen atoms in total. The Labute approximate surface area is 180 Å². The lowest BCUT2D eigenvalue weighted by molar-refractivity contribution is -0.0399. The molecule has 0 aliphatic heterocycles. The number of anilines is 2. The van der Waals surface area contributed by atoms with Gasteiger partial charge in [-0.2, -0.15) is 0 Å². The van der Waals surface area contributed by atoms with E-state index in [0.717, 1.165) is 6.07 Å². The van der Waals surface area contributed by atoms with Crippen molar-refractivity contribution in [2.24, 2.45) is 0 Å². The van der Waals surface area contributed by atoms with Gasteiger partial charge < -0.3 is 15.6 Å². The summed E-state index contributed by atoms with van der Waals surface area (Å²) in [5.41, 5.74) is 0.965. The summed E-state index contributed by atoms with van der Waals surface area (Å²) in [5, 5.41) is 6.35. The first-order chi connectivity index (χ1) is 14.2. The number of amides is 1. The van der Waals surface area contributed by atoms with E-state index in [0.29, 0.717) is 26.8 Å². The molecule has 1 aromatic heterocycles. The van der Waals surface area contributed by atoms with Crippen molar-refractivity contribution in [2.75, 3.05) is 5.32 Å². The Kier molecular flexibility index (Phi) is 5.55. The number of carbonyl (C=O) groups excluding carboxylic acids is 1. The second-order valence-corrected chi connectivity index (χ2v) is 8.07. The summed E-state index contributed by atoms with van der Waals surface area (Å²) < 4.78 is 41.1. The van der Waals surface area contributed by atoms with E-state index in [9.17, 15) is 18.0 Å². The molecular weight excluding hydrogens is 440 g/mol.